The fraction of sp³-hybridized carbons (Fsp3) is 0.571. The van der Waals surface area contributed by atoms with Crippen LogP contribution in [0.2, 0.25) is 0 Å². The Morgan fingerprint density at radius 2 is 1.87 bits per heavy atom. The summed E-state index contributed by atoms with van der Waals surface area (Å²) in [4.78, 5) is 0. The minimum atomic E-state index is 0.337. The molecule has 0 spiro atoms. The Morgan fingerprint density at radius 3 is 2.40 bits per heavy atom. The van der Waals surface area contributed by atoms with E-state index in [0.717, 1.165) is 5.92 Å². The Balaban J connectivity index is 1.73. The molecule has 2 aliphatic rings. The molecule has 0 saturated heterocycles. The van der Waals surface area contributed by atoms with Crippen molar-refractivity contribution in [2.75, 3.05) is 0 Å². The van der Waals surface area contributed by atoms with E-state index in [1.165, 1.54) is 31.2 Å². The fourth-order valence-electron chi connectivity index (χ4n) is 2.55. The summed E-state index contributed by atoms with van der Waals surface area (Å²) < 4.78 is 0. The Morgan fingerprint density at radius 1 is 1.20 bits per heavy atom. The second-order valence-corrected chi connectivity index (χ2v) is 5.22. The molecular formula is C14H19N. The van der Waals surface area contributed by atoms with Crippen molar-refractivity contribution in [1.82, 2.24) is 5.32 Å². The highest BCUT2D eigenvalue weighted by Crippen LogP contribution is 2.47. The van der Waals surface area contributed by atoms with Crippen molar-refractivity contribution in [2.24, 2.45) is 5.92 Å². The van der Waals surface area contributed by atoms with Crippen molar-refractivity contribution in [3.05, 3.63) is 35.9 Å². The summed E-state index contributed by atoms with van der Waals surface area (Å²) >= 11 is 0. The van der Waals surface area contributed by atoms with Gasteiger partial charge >= 0.3 is 0 Å². The van der Waals surface area contributed by atoms with E-state index in [0.29, 0.717) is 11.6 Å². The zero-order valence-electron chi connectivity index (χ0n) is 9.37. The van der Waals surface area contributed by atoms with Crippen LogP contribution in [0.4, 0.5) is 0 Å². The van der Waals surface area contributed by atoms with Gasteiger partial charge in [0.05, 0.1) is 0 Å². The summed E-state index contributed by atoms with van der Waals surface area (Å²) in [5.41, 5.74) is 1.82. The number of hydrogen-bond donors (Lipinski definition) is 1. The molecule has 1 aromatic carbocycles. The van der Waals surface area contributed by atoms with Gasteiger partial charge in [-0.05, 0) is 44.1 Å². The zero-order valence-corrected chi connectivity index (χ0v) is 9.37. The number of benzene rings is 1. The first-order valence-electron chi connectivity index (χ1n) is 6.13. The first kappa shape index (κ1) is 9.41. The molecule has 15 heavy (non-hydrogen) atoms. The van der Waals surface area contributed by atoms with Gasteiger partial charge in [0, 0.05) is 11.6 Å². The van der Waals surface area contributed by atoms with Gasteiger partial charge in [0.1, 0.15) is 0 Å². The molecule has 2 aliphatic carbocycles. The van der Waals surface area contributed by atoms with E-state index in [1.807, 2.05) is 0 Å². The maximum Gasteiger partial charge on any atom is 0.0438 e. The monoisotopic (exact) mass is 201 g/mol. The number of nitrogens with one attached hydrogen (secondary N) is 1. The highest BCUT2D eigenvalue weighted by atomic mass is 15.1. The summed E-state index contributed by atoms with van der Waals surface area (Å²) in [6.07, 6.45) is 5.49. The largest absolute Gasteiger partial charge is 0.305 e. The summed E-state index contributed by atoms with van der Waals surface area (Å²) in [5, 5.41) is 3.85. The zero-order chi connectivity index (χ0) is 10.3. The minimum Gasteiger partial charge on any atom is -0.305 e. The van der Waals surface area contributed by atoms with Crippen molar-refractivity contribution in [3.8, 4) is 0 Å². The smallest absolute Gasteiger partial charge is 0.0438 e. The molecule has 1 nitrogen and oxygen atoms in total. The molecule has 0 heterocycles. The van der Waals surface area contributed by atoms with Crippen molar-refractivity contribution in [1.29, 1.82) is 0 Å². The average molecular weight is 201 g/mol. The van der Waals surface area contributed by atoms with Crippen LogP contribution in [0.3, 0.4) is 0 Å². The lowest BCUT2D eigenvalue weighted by atomic mass is 10.0. The Bertz CT molecular complexity index is 336. The Kier molecular flexibility index (Phi) is 2.10. The van der Waals surface area contributed by atoms with Crippen molar-refractivity contribution in [2.45, 2.75) is 44.2 Å². The van der Waals surface area contributed by atoms with Gasteiger partial charge in [-0.15, -0.1) is 0 Å². The summed E-state index contributed by atoms with van der Waals surface area (Å²) in [6, 6.07) is 11.6. The third-order valence-electron chi connectivity index (χ3n) is 3.91. The van der Waals surface area contributed by atoms with Crippen LogP contribution >= 0.6 is 0 Å². The van der Waals surface area contributed by atoms with E-state index < -0.39 is 0 Å². The van der Waals surface area contributed by atoms with E-state index >= 15 is 0 Å². The molecule has 0 aromatic heterocycles. The van der Waals surface area contributed by atoms with Gasteiger partial charge in [0.25, 0.3) is 0 Å². The second kappa shape index (κ2) is 3.34. The van der Waals surface area contributed by atoms with Crippen molar-refractivity contribution < 1.29 is 0 Å². The summed E-state index contributed by atoms with van der Waals surface area (Å²) in [6.45, 7) is 2.35. The average Bonchev–Trinajstić information content (AvgIpc) is 3.14. The Labute approximate surface area is 91.9 Å². The standard InChI is InChI=1S/C14H19N/c1-11(12-7-8-12)15-14(9-10-14)13-5-3-2-4-6-13/h2-6,11-12,15H,7-10H2,1H3. The first-order valence-corrected chi connectivity index (χ1v) is 6.13. The van der Waals surface area contributed by atoms with E-state index in [9.17, 15) is 0 Å². The van der Waals surface area contributed by atoms with E-state index in [-0.39, 0.29) is 0 Å². The highest BCUT2D eigenvalue weighted by Gasteiger charge is 2.46. The van der Waals surface area contributed by atoms with Crippen LogP contribution < -0.4 is 5.32 Å². The lowest BCUT2D eigenvalue weighted by Crippen LogP contribution is -2.37. The van der Waals surface area contributed by atoms with Crippen LogP contribution in [0.25, 0.3) is 0 Å². The van der Waals surface area contributed by atoms with E-state index in [2.05, 4.69) is 42.6 Å². The molecule has 0 radical (unpaired) electrons. The normalized spacial score (nSPS) is 24.9. The van der Waals surface area contributed by atoms with Crippen LogP contribution in [0.15, 0.2) is 30.3 Å². The molecular weight excluding hydrogens is 182 g/mol. The lowest BCUT2D eigenvalue weighted by molar-refractivity contribution is 0.407. The predicted octanol–water partition coefficient (Wildman–Crippen LogP) is 3.06. The molecule has 1 aromatic rings. The quantitative estimate of drug-likeness (QED) is 0.789. The second-order valence-electron chi connectivity index (χ2n) is 5.22. The van der Waals surface area contributed by atoms with Gasteiger partial charge in [0.2, 0.25) is 0 Å². The fourth-order valence-corrected chi connectivity index (χ4v) is 2.55. The van der Waals surface area contributed by atoms with Crippen LogP contribution in [0, 0.1) is 5.92 Å². The van der Waals surface area contributed by atoms with Crippen molar-refractivity contribution >= 4 is 0 Å². The topological polar surface area (TPSA) is 12.0 Å². The number of hydrogen-bond acceptors (Lipinski definition) is 1. The molecule has 1 unspecified atom stereocenters. The molecule has 80 valence electrons. The molecule has 3 rings (SSSR count). The third-order valence-corrected chi connectivity index (χ3v) is 3.91. The maximum absolute atomic E-state index is 3.85. The van der Waals surface area contributed by atoms with Gasteiger partial charge in [0.15, 0.2) is 0 Å². The summed E-state index contributed by atoms with van der Waals surface area (Å²) in [5.74, 6) is 0.950. The Hall–Kier alpha value is -0.820. The predicted molar refractivity (Wildman–Crippen MR) is 62.7 cm³/mol. The van der Waals surface area contributed by atoms with Crippen molar-refractivity contribution in [3.63, 3.8) is 0 Å². The van der Waals surface area contributed by atoms with E-state index in [1.54, 1.807) is 0 Å². The lowest BCUT2D eigenvalue weighted by Gasteiger charge is -2.23. The maximum atomic E-state index is 3.85. The van der Waals surface area contributed by atoms with Crippen LogP contribution in [-0.4, -0.2) is 6.04 Å². The van der Waals surface area contributed by atoms with Gasteiger partial charge in [-0.2, -0.15) is 0 Å². The molecule has 2 fully saturated rings. The van der Waals surface area contributed by atoms with Crippen LogP contribution in [-0.2, 0) is 5.54 Å². The molecule has 1 atom stereocenters. The van der Waals surface area contributed by atoms with Gasteiger partial charge < -0.3 is 5.32 Å². The molecule has 0 bridgehead atoms. The van der Waals surface area contributed by atoms with Gasteiger partial charge in [-0.25, -0.2) is 0 Å². The summed E-state index contributed by atoms with van der Waals surface area (Å²) in [7, 11) is 0. The van der Waals surface area contributed by atoms with Crippen LogP contribution in [0.5, 0.6) is 0 Å². The molecule has 1 N–H and O–H groups in total. The molecule has 0 amide bonds. The molecule has 2 saturated carbocycles. The molecule has 1 heteroatoms. The van der Waals surface area contributed by atoms with Gasteiger partial charge in [-0.1, -0.05) is 30.3 Å². The number of rotatable bonds is 4. The SMILES string of the molecule is CC(NC1(c2ccccc2)CC1)C1CC1. The third kappa shape index (κ3) is 1.81. The minimum absolute atomic E-state index is 0.337. The molecule has 0 aliphatic heterocycles. The van der Waals surface area contributed by atoms with Crippen LogP contribution in [0.1, 0.15) is 38.2 Å². The van der Waals surface area contributed by atoms with Gasteiger partial charge in [-0.3, -0.25) is 0 Å². The highest BCUT2D eigenvalue weighted by molar-refractivity contribution is 5.30. The first-order chi connectivity index (χ1) is 7.30. The van der Waals surface area contributed by atoms with E-state index in [4.69, 9.17) is 0 Å².